The summed E-state index contributed by atoms with van der Waals surface area (Å²) in [6.45, 7) is 3.24. The third kappa shape index (κ3) is 3.84. The summed E-state index contributed by atoms with van der Waals surface area (Å²) in [4.78, 5) is 45.0. The molecular formula is C27H34N4O3. The van der Waals surface area contributed by atoms with Crippen LogP contribution in [0.5, 0.6) is 0 Å². The Morgan fingerprint density at radius 2 is 1.91 bits per heavy atom. The molecule has 0 spiro atoms. The monoisotopic (exact) mass is 462 g/mol. The van der Waals surface area contributed by atoms with Gasteiger partial charge in [-0.15, -0.1) is 0 Å². The first kappa shape index (κ1) is 21.8. The number of nitrogens with one attached hydrogen (secondary N) is 1. The number of benzene rings is 1. The molecule has 1 aromatic carbocycles. The number of imide groups is 1. The molecule has 0 radical (unpaired) electrons. The van der Waals surface area contributed by atoms with E-state index in [4.69, 9.17) is 0 Å². The fourth-order valence-corrected chi connectivity index (χ4v) is 7.18. The van der Waals surface area contributed by atoms with Gasteiger partial charge in [0.2, 0.25) is 5.91 Å². The average Bonchev–Trinajstić information content (AvgIpc) is 3.11. The molecule has 2 bridgehead atoms. The molecular weight excluding hydrogens is 428 g/mol. The summed E-state index contributed by atoms with van der Waals surface area (Å²) in [5, 5.41) is 2.76. The van der Waals surface area contributed by atoms with Crippen LogP contribution < -0.4 is 5.32 Å². The minimum Gasteiger partial charge on any atom is -0.336 e. The molecule has 5 atom stereocenters. The second kappa shape index (κ2) is 8.84. The third-order valence-electron chi connectivity index (χ3n) is 8.65. The first-order valence-electron chi connectivity index (χ1n) is 13.0. The molecule has 5 aliphatic rings. The summed E-state index contributed by atoms with van der Waals surface area (Å²) in [5.74, 6) is 0.803. The SMILES string of the molecule is O=C1N[C@@H](CC(=O)N2CCCC3=C[C@H]4C[C@@H](CN5CCCC[C@H]45)[C@H]32)C(=O)N1Cc1ccccc1. The summed E-state index contributed by atoms with van der Waals surface area (Å²) >= 11 is 0. The zero-order chi connectivity index (χ0) is 23.2. The minimum atomic E-state index is -0.771. The van der Waals surface area contributed by atoms with Gasteiger partial charge < -0.3 is 10.2 Å². The van der Waals surface area contributed by atoms with Gasteiger partial charge in [0.1, 0.15) is 6.04 Å². The number of rotatable bonds is 4. The molecule has 0 aromatic heterocycles. The van der Waals surface area contributed by atoms with E-state index in [2.05, 4.69) is 16.3 Å². The maximum atomic E-state index is 13.5. The Balaban J connectivity index is 1.16. The summed E-state index contributed by atoms with van der Waals surface area (Å²) in [6, 6.07) is 9.15. The molecule has 1 aliphatic carbocycles. The first-order valence-corrected chi connectivity index (χ1v) is 13.0. The summed E-state index contributed by atoms with van der Waals surface area (Å²) in [6.07, 6.45) is 9.70. The Labute approximate surface area is 201 Å². The van der Waals surface area contributed by atoms with Crippen LogP contribution in [0.1, 0.15) is 50.5 Å². The van der Waals surface area contributed by atoms with E-state index in [-0.39, 0.29) is 30.8 Å². The molecule has 7 nitrogen and oxygen atoms in total. The summed E-state index contributed by atoms with van der Waals surface area (Å²) < 4.78 is 0. The number of hydrogen-bond acceptors (Lipinski definition) is 4. The molecule has 4 aliphatic heterocycles. The van der Waals surface area contributed by atoms with Gasteiger partial charge in [0.05, 0.1) is 19.0 Å². The van der Waals surface area contributed by atoms with Crippen LogP contribution in [-0.2, 0) is 16.1 Å². The van der Waals surface area contributed by atoms with Crippen molar-refractivity contribution in [1.82, 2.24) is 20.0 Å². The van der Waals surface area contributed by atoms with Crippen LogP contribution in [0.15, 0.2) is 42.0 Å². The molecule has 1 aromatic rings. The molecule has 4 heterocycles. The zero-order valence-electron chi connectivity index (χ0n) is 19.7. The van der Waals surface area contributed by atoms with Crippen LogP contribution in [0.25, 0.3) is 0 Å². The summed E-state index contributed by atoms with van der Waals surface area (Å²) in [5.41, 5.74) is 2.34. The highest BCUT2D eigenvalue weighted by Crippen LogP contribution is 2.45. The molecule has 0 saturated carbocycles. The Bertz CT molecular complexity index is 1010. The van der Waals surface area contributed by atoms with E-state index in [0.29, 0.717) is 17.9 Å². The number of hydrogen-bond donors (Lipinski definition) is 1. The first-order chi connectivity index (χ1) is 16.6. The molecule has 7 heteroatoms. The van der Waals surface area contributed by atoms with Crippen LogP contribution in [0.4, 0.5) is 4.79 Å². The highest BCUT2D eigenvalue weighted by Gasteiger charge is 2.48. The van der Waals surface area contributed by atoms with Crippen molar-refractivity contribution in [3.63, 3.8) is 0 Å². The van der Waals surface area contributed by atoms with E-state index in [1.165, 1.54) is 42.7 Å². The Hall–Kier alpha value is -2.67. The fourth-order valence-electron chi connectivity index (χ4n) is 7.18. The largest absolute Gasteiger partial charge is 0.336 e. The highest BCUT2D eigenvalue weighted by molar-refractivity contribution is 6.05. The molecule has 4 saturated heterocycles. The van der Waals surface area contributed by atoms with Gasteiger partial charge in [-0.2, -0.15) is 0 Å². The van der Waals surface area contributed by atoms with Gasteiger partial charge in [-0.1, -0.05) is 48.4 Å². The van der Waals surface area contributed by atoms with Crippen molar-refractivity contribution >= 4 is 17.8 Å². The Morgan fingerprint density at radius 3 is 2.76 bits per heavy atom. The van der Waals surface area contributed by atoms with E-state index in [1.54, 1.807) is 0 Å². The van der Waals surface area contributed by atoms with Crippen molar-refractivity contribution in [2.75, 3.05) is 19.6 Å². The lowest BCUT2D eigenvalue weighted by molar-refractivity contribution is -0.139. The Morgan fingerprint density at radius 1 is 1.06 bits per heavy atom. The van der Waals surface area contributed by atoms with Crippen molar-refractivity contribution < 1.29 is 14.4 Å². The van der Waals surface area contributed by atoms with Crippen LogP contribution in [-0.4, -0.2) is 70.3 Å². The number of amides is 4. The molecule has 34 heavy (non-hydrogen) atoms. The molecule has 4 fully saturated rings. The number of urea groups is 1. The summed E-state index contributed by atoms with van der Waals surface area (Å²) in [7, 11) is 0. The van der Waals surface area contributed by atoms with E-state index in [9.17, 15) is 14.4 Å². The lowest BCUT2D eigenvalue weighted by Gasteiger charge is -2.54. The predicted octanol–water partition coefficient (Wildman–Crippen LogP) is 2.92. The van der Waals surface area contributed by atoms with Crippen molar-refractivity contribution in [1.29, 1.82) is 0 Å². The topological polar surface area (TPSA) is 73.0 Å². The fraction of sp³-hybridized carbons (Fsp3) is 0.593. The van der Waals surface area contributed by atoms with E-state index in [1.807, 2.05) is 35.2 Å². The lowest BCUT2D eigenvalue weighted by Crippen LogP contribution is -2.60. The highest BCUT2D eigenvalue weighted by atomic mass is 16.2. The zero-order valence-corrected chi connectivity index (χ0v) is 19.7. The van der Waals surface area contributed by atoms with Gasteiger partial charge in [-0.25, -0.2) is 4.79 Å². The van der Waals surface area contributed by atoms with E-state index in [0.717, 1.165) is 31.5 Å². The van der Waals surface area contributed by atoms with E-state index >= 15 is 0 Å². The lowest BCUT2D eigenvalue weighted by atomic mass is 9.68. The minimum absolute atomic E-state index is 0.00460. The van der Waals surface area contributed by atoms with Crippen molar-refractivity contribution in [3.8, 4) is 0 Å². The average molecular weight is 463 g/mol. The number of piperidine rings is 3. The Kier molecular flexibility index (Phi) is 5.68. The van der Waals surface area contributed by atoms with Crippen LogP contribution >= 0.6 is 0 Å². The number of carbonyl (C=O) groups excluding carboxylic acids is 3. The van der Waals surface area contributed by atoms with Crippen LogP contribution in [0, 0.1) is 11.8 Å². The van der Waals surface area contributed by atoms with Gasteiger partial charge >= 0.3 is 6.03 Å². The number of nitrogens with zero attached hydrogens (tertiary/aromatic N) is 3. The maximum absolute atomic E-state index is 13.5. The van der Waals surface area contributed by atoms with Crippen molar-refractivity contribution in [2.45, 2.75) is 69.6 Å². The molecule has 6 rings (SSSR count). The number of carbonyl (C=O) groups is 3. The van der Waals surface area contributed by atoms with Gasteiger partial charge in [0.25, 0.3) is 5.91 Å². The maximum Gasteiger partial charge on any atom is 0.325 e. The molecule has 4 amide bonds. The standard InChI is InChI=1S/C27H34N4O3/c32-24(15-22-26(33)31(27(34)28-22)16-18-7-2-1-3-8-18)30-12-6-9-19-13-20-14-21(25(19)30)17-29-11-5-4-10-23(20)29/h1-3,7-8,13,20-23,25H,4-6,9-12,14-17H2,(H,28,34)/t20-,21-,22-,23+,25-/m0/s1. The smallest absolute Gasteiger partial charge is 0.325 e. The molecule has 180 valence electrons. The predicted molar refractivity (Wildman–Crippen MR) is 128 cm³/mol. The van der Waals surface area contributed by atoms with Crippen LogP contribution in [0.2, 0.25) is 0 Å². The van der Waals surface area contributed by atoms with Crippen LogP contribution in [0.3, 0.4) is 0 Å². The van der Waals surface area contributed by atoms with Gasteiger partial charge in [0, 0.05) is 19.1 Å². The second-order valence-electron chi connectivity index (χ2n) is 10.7. The van der Waals surface area contributed by atoms with Gasteiger partial charge in [-0.05, 0) is 56.0 Å². The molecule has 1 N–H and O–H groups in total. The van der Waals surface area contributed by atoms with Gasteiger partial charge in [0.15, 0.2) is 0 Å². The third-order valence-corrected chi connectivity index (χ3v) is 8.65. The second-order valence-corrected chi connectivity index (χ2v) is 10.7. The van der Waals surface area contributed by atoms with Crippen molar-refractivity contribution in [3.05, 3.63) is 47.5 Å². The van der Waals surface area contributed by atoms with E-state index < -0.39 is 12.1 Å². The van der Waals surface area contributed by atoms with Gasteiger partial charge in [-0.3, -0.25) is 19.4 Å². The number of likely N-dealkylation sites (tertiary alicyclic amines) is 1. The molecule has 0 unspecified atom stereocenters. The van der Waals surface area contributed by atoms with Crippen molar-refractivity contribution in [2.24, 2.45) is 11.8 Å². The number of fused-ring (bicyclic) bond motifs is 6. The normalized spacial score (nSPS) is 33.2. The quantitative estimate of drug-likeness (QED) is 0.552.